The maximum atomic E-state index is 7.04. The van der Waals surface area contributed by atoms with E-state index in [1.807, 2.05) is 25.2 Å². The summed E-state index contributed by atoms with van der Waals surface area (Å²) in [5.74, 6) is 0. The van der Waals surface area contributed by atoms with Crippen molar-refractivity contribution in [2.24, 2.45) is 0 Å². The minimum absolute atomic E-state index is 0.541. The highest BCUT2D eigenvalue weighted by atomic mass is 28.4. The molecule has 0 aromatic carbocycles. The van der Waals surface area contributed by atoms with Gasteiger partial charge in [0.2, 0.25) is 0 Å². The molecular formula is C20H42O6Si3. The van der Waals surface area contributed by atoms with Crippen LogP contribution in [0.3, 0.4) is 0 Å². The third-order valence-corrected chi connectivity index (χ3v) is 20.4. The maximum absolute atomic E-state index is 7.04. The van der Waals surface area contributed by atoms with E-state index in [9.17, 15) is 0 Å². The molecule has 0 aromatic rings. The Hall–Kier alpha value is -0.369. The van der Waals surface area contributed by atoms with E-state index in [-0.39, 0.29) is 0 Å². The molecule has 0 heterocycles. The highest BCUT2D eigenvalue weighted by Crippen LogP contribution is 2.56. The SMILES string of the molecule is C=C[Si](OC)(OC)C(C)(CC)O[Si](C=C)(OC)C(CC)(CC)[Si](C=C)(OC)OC. The van der Waals surface area contributed by atoms with Crippen molar-refractivity contribution >= 4 is 25.7 Å². The third kappa shape index (κ3) is 4.21. The summed E-state index contributed by atoms with van der Waals surface area (Å²) < 4.78 is 36.7. The van der Waals surface area contributed by atoms with E-state index < -0.39 is 35.6 Å². The van der Waals surface area contributed by atoms with Crippen molar-refractivity contribution in [3.8, 4) is 0 Å². The first kappa shape index (κ1) is 28.6. The predicted octanol–water partition coefficient (Wildman–Crippen LogP) is 4.54. The summed E-state index contributed by atoms with van der Waals surface area (Å²) in [5, 5.41) is -0.771. The van der Waals surface area contributed by atoms with Gasteiger partial charge in [0.15, 0.2) is 0 Å². The molecular weight excluding hydrogens is 420 g/mol. The second-order valence-electron chi connectivity index (χ2n) is 7.11. The molecule has 0 saturated heterocycles. The number of rotatable bonds is 16. The van der Waals surface area contributed by atoms with Gasteiger partial charge < -0.3 is 26.6 Å². The average molecular weight is 463 g/mol. The van der Waals surface area contributed by atoms with E-state index in [0.717, 1.165) is 12.8 Å². The lowest BCUT2D eigenvalue weighted by molar-refractivity contribution is 0.0443. The van der Waals surface area contributed by atoms with Crippen molar-refractivity contribution < 1.29 is 26.6 Å². The first-order valence-electron chi connectivity index (χ1n) is 9.99. The molecule has 0 fully saturated rings. The molecule has 0 aliphatic heterocycles. The van der Waals surface area contributed by atoms with Crippen molar-refractivity contribution in [3.05, 3.63) is 36.8 Å². The Kier molecular flexibility index (Phi) is 11.2. The number of hydrogen-bond donors (Lipinski definition) is 0. The van der Waals surface area contributed by atoms with Crippen molar-refractivity contribution in [3.63, 3.8) is 0 Å². The third-order valence-electron chi connectivity index (χ3n) is 6.65. The Morgan fingerprint density at radius 2 is 0.966 bits per heavy atom. The van der Waals surface area contributed by atoms with Gasteiger partial charge in [0.25, 0.3) is 0 Å². The highest BCUT2D eigenvalue weighted by molar-refractivity contribution is 6.95. The Morgan fingerprint density at radius 1 is 0.621 bits per heavy atom. The molecule has 9 heteroatoms. The molecule has 0 aromatic heterocycles. The highest BCUT2D eigenvalue weighted by Gasteiger charge is 2.70. The Bertz CT molecular complexity index is 546. The summed E-state index contributed by atoms with van der Waals surface area (Å²) in [7, 11) is -0.834. The largest absolute Gasteiger partial charge is 0.395 e. The lowest BCUT2D eigenvalue weighted by Gasteiger charge is -2.54. The summed E-state index contributed by atoms with van der Waals surface area (Å²) in [4.78, 5) is 0. The molecule has 170 valence electrons. The quantitative estimate of drug-likeness (QED) is 0.314. The van der Waals surface area contributed by atoms with E-state index in [4.69, 9.17) is 26.6 Å². The molecule has 2 unspecified atom stereocenters. The van der Waals surface area contributed by atoms with Gasteiger partial charge >= 0.3 is 25.7 Å². The molecule has 2 atom stereocenters. The van der Waals surface area contributed by atoms with Crippen LogP contribution in [0, 0.1) is 0 Å². The fourth-order valence-corrected chi connectivity index (χ4v) is 17.3. The molecule has 29 heavy (non-hydrogen) atoms. The lowest BCUT2D eigenvalue weighted by atomic mass is 10.2. The fraction of sp³-hybridized carbons (Fsp3) is 0.700. The topological polar surface area (TPSA) is 55.4 Å². The Labute approximate surface area is 181 Å². The molecule has 0 radical (unpaired) electrons. The lowest BCUT2D eigenvalue weighted by Crippen LogP contribution is -2.71. The molecule has 0 aliphatic rings. The molecule has 0 saturated carbocycles. The summed E-state index contributed by atoms with van der Waals surface area (Å²) in [5.41, 5.74) is 5.42. The first-order chi connectivity index (χ1) is 13.6. The van der Waals surface area contributed by atoms with Gasteiger partial charge in [0.1, 0.15) is 5.22 Å². The first-order valence-corrected chi connectivity index (χ1v) is 15.7. The van der Waals surface area contributed by atoms with Crippen LogP contribution in [0.25, 0.3) is 0 Å². The zero-order valence-corrected chi connectivity index (χ0v) is 22.9. The van der Waals surface area contributed by atoms with Crippen molar-refractivity contribution in [2.45, 2.75) is 56.8 Å². The van der Waals surface area contributed by atoms with E-state index in [2.05, 4.69) is 33.6 Å². The van der Waals surface area contributed by atoms with Crippen molar-refractivity contribution in [1.29, 1.82) is 0 Å². The monoisotopic (exact) mass is 462 g/mol. The molecule has 0 N–H and O–H groups in total. The minimum Gasteiger partial charge on any atom is -0.394 e. The maximum Gasteiger partial charge on any atom is 0.395 e. The van der Waals surface area contributed by atoms with Gasteiger partial charge in [-0.15, -0.1) is 19.7 Å². The van der Waals surface area contributed by atoms with Crippen LogP contribution in [0.4, 0.5) is 0 Å². The standard InChI is InChI=1S/C20H42O6Si3/c1-13-19(7,27(16-4,21-8)22-9)26-29(18-6,25-12)20(14-2,15-3)28(17-5,23-10)24-11/h16-18H,4-6,13-15H2,1-3,7-12H3. The van der Waals surface area contributed by atoms with Crippen LogP contribution in [0.15, 0.2) is 36.8 Å². The molecule has 0 aliphatic carbocycles. The molecule has 0 spiro atoms. The van der Waals surface area contributed by atoms with Crippen molar-refractivity contribution in [2.75, 3.05) is 35.5 Å². The summed E-state index contributed by atoms with van der Waals surface area (Å²) in [6.45, 7) is 20.5. The summed E-state index contributed by atoms with van der Waals surface area (Å²) in [6.07, 6.45) is 2.08. The van der Waals surface area contributed by atoms with Gasteiger partial charge in [-0.05, 0) is 43.3 Å². The van der Waals surface area contributed by atoms with Crippen LogP contribution >= 0.6 is 0 Å². The molecule has 0 bridgehead atoms. The second-order valence-corrected chi connectivity index (χ2v) is 18.1. The van der Waals surface area contributed by atoms with Crippen LogP contribution in [-0.4, -0.2) is 66.5 Å². The van der Waals surface area contributed by atoms with Crippen LogP contribution in [0.2, 0.25) is 4.66 Å². The van der Waals surface area contributed by atoms with Crippen LogP contribution in [-0.2, 0) is 26.6 Å². The van der Waals surface area contributed by atoms with Gasteiger partial charge in [-0.1, -0.05) is 20.8 Å². The van der Waals surface area contributed by atoms with Gasteiger partial charge in [0.05, 0.1) is 4.66 Å². The molecule has 0 amide bonds. The van der Waals surface area contributed by atoms with E-state index >= 15 is 0 Å². The van der Waals surface area contributed by atoms with Gasteiger partial charge in [-0.2, -0.15) is 0 Å². The molecule has 0 rings (SSSR count). The Balaban J connectivity index is 7.04. The Morgan fingerprint density at radius 3 is 1.17 bits per heavy atom. The van der Waals surface area contributed by atoms with Crippen LogP contribution in [0.5, 0.6) is 0 Å². The zero-order chi connectivity index (χ0) is 23.0. The fourth-order valence-electron chi connectivity index (χ4n) is 4.59. The van der Waals surface area contributed by atoms with Crippen LogP contribution in [0.1, 0.15) is 47.0 Å². The zero-order valence-electron chi connectivity index (χ0n) is 19.9. The van der Waals surface area contributed by atoms with E-state index in [0.29, 0.717) is 6.42 Å². The average Bonchev–Trinajstić information content (AvgIpc) is 2.78. The second kappa shape index (κ2) is 11.3. The predicted molar refractivity (Wildman–Crippen MR) is 126 cm³/mol. The minimum atomic E-state index is -3.21. The smallest absolute Gasteiger partial charge is 0.394 e. The van der Waals surface area contributed by atoms with Crippen LogP contribution < -0.4 is 0 Å². The van der Waals surface area contributed by atoms with Crippen molar-refractivity contribution in [1.82, 2.24) is 0 Å². The normalized spacial score (nSPS) is 17.3. The van der Waals surface area contributed by atoms with E-state index in [1.165, 1.54) is 0 Å². The summed E-state index contributed by atoms with van der Waals surface area (Å²) in [6, 6.07) is 0. The van der Waals surface area contributed by atoms with Gasteiger partial charge in [-0.3, -0.25) is 0 Å². The number of hydrogen-bond acceptors (Lipinski definition) is 6. The van der Waals surface area contributed by atoms with E-state index in [1.54, 1.807) is 41.2 Å². The van der Waals surface area contributed by atoms with Gasteiger partial charge in [0, 0.05) is 35.5 Å². The summed E-state index contributed by atoms with van der Waals surface area (Å²) >= 11 is 0. The van der Waals surface area contributed by atoms with Gasteiger partial charge in [-0.25, -0.2) is 0 Å². The molecule has 6 nitrogen and oxygen atoms in total.